The number of benzene rings is 5. The van der Waals surface area contributed by atoms with Crippen LogP contribution in [0.4, 0.5) is 0 Å². The molecule has 1 aliphatic heterocycles. The van der Waals surface area contributed by atoms with E-state index in [1.165, 1.54) is 38.6 Å². The fraction of sp³-hybridized carbons (Fsp3) is 0.0857. The maximum Gasteiger partial charge on any atom is 0.107 e. The fourth-order valence-electron chi connectivity index (χ4n) is 6.40. The van der Waals surface area contributed by atoms with Crippen molar-refractivity contribution in [1.82, 2.24) is 0 Å². The van der Waals surface area contributed by atoms with Crippen molar-refractivity contribution in [3.63, 3.8) is 0 Å². The van der Waals surface area contributed by atoms with Gasteiger partial charge in [0.15, 0.2) is 0 Å². The van der Waals surface area contributed by atoms with Crippen LogP contribution in [0.5, 0.6) is 0 Å². The van der Waals surface area contributed by atoms with Gasteiger partial charge in [-0.15, -0.1) is 0 Å². The molecular weight excluding hydrogens is 448 g/mol. The van der Waals surface area contributed by atoms with Gasteiger partial charge in [0.25, 0.3) is 0 Å². The first-order chi connectivity index (χ1) is 17.8. The van der Waals surface area contributed by atoms with E-state index in [-0.39, 0.29) is 0 Å². The van der Waals surface area contributed by atoms with E-state index in [2.05, 4.69) is 158 Å². The molecule has 0 spiro atoms. The zero-order valence-corrected chi connectivity index (χ0v) is 21.6. The monoisotopic (exact) mass is 478 g/mol. The van der Waals surface area contributed by atoms with Gasteiger partial charge >= 0.3 is 0 Å². The molecule has 1 heterocycles. The summed E-state index contributed by atoms with van der Waals surface area (Å²) in [4.78, 5) is 0. The van der Waals surface area contributed by atoms with E-state index in [4.69, 9.17) is 0 Å². The van der Waals surface area contributed by atoms with E-state index < -0.39 is 8.07 Å². The van der Waals surface area contributed by atoms with E-state index in [1.807, 2.05) is 0 Å². The molecule has 0 radical (unpaired) electrons. The van der Waals surface area contributed by atoms with E-state index >= 15 is 0 Å². The highest BCUT2D eigenvalue weighted by Gasteiger charge is 2.55. The minimum atomic E-state index is -2.27. The summed E-state index contributed by atoms with van der Waals surface area (Å²) in [7, 11) is -2.27. The highest BCUT2D eigenvalue weighted by atomic mass is 28.3. The van der Waals surface area contributed by atoms with Gasteiger partial charge in [-0.3, -0.25) is 0 Å². The molecule has 0 nitrogen and oxygen atoms in total. The molecule has 36 heavy (non-hydrogen) atoms. The van der Waals surface area contributed by atoms with Crippen LogP contribution in [0.25, 0.3) is 11.1 Å². The van der Waals surface area contributed by atoms with Crippen LogP contribution in [-0.2, 0) is 0 Å². The molecule has 1 aliphatic rings. The average molecular weight is 479 g/mol. The number of hydrogen-bond acceptors (Lipinski definition) is 0. The molecule has 0 saturated heterocycles. The normalized spacial score (nSPS) is 21.5. The lowest BCUT2D eigenvalue weighted by Gasteiger charge is -2.38. The van der Waals surface area contributed by atoms with Gasteiger partial charge < -0.3 is 0 Å². The standard InChI is InChI=1S/C35H30Si/c1-36(31-25-15-6-16-26-31)34(29-21-11-4-12-22-29)32(27-17-7-2-8-18-27)33(28-19-9-3-10-20-28)35(36)30-23-13-5-14-24-30/h2-26,34-35H,1H3. The van der Waals surface area contributed by atoms with Crippen molar-refractivity contribution < 1.29 is 0 Å². The Morgan fingerprint density at radius 3 is 1.06 bits per heavy atom. The molecule has 0 fully saturated rings. The molecule has 0 aliphatic carbocycles. The molecule has 174 valence electrons. The Labute approximate surface area is 215 Å². The van der Waals surface area contributed by atoms with Crippen LogP contribution in [0.1, 0.15) is 33.3 Å². The fourth-order valence-corrected chi connectivity index (χ4v) is 11.9. The minimum Gasteiger partial charge on any atom is -0.0638 e. The summed E-state index contributed by atoms with van der Waals surface area (Å²) in [5.41, 5.74) is 9.12. The van der Waals surface area contributed by atoms with Crippen LogP contribution in [0.2, 0.25) is 6.55 Å². The quantitative estimate of drug-likeness (QED) is 0.223. The average Bonchev–Trinajstić information content (AvgIpc) is 3.25. The molecule has 2 unspecified atom stereocenters. The highest BCUT2D eigenvalue weighted by molar-refractivity contribution is 6.97. The second-order valence-corrected chi connectivity index (χ2v) is 14.2. The van der Waals surface area contributed by atoms with Gasteiger partial charge in [-0.05, 0) is 33.4 Å². The molecule has 0 N–H and O–H groups in total. The Morgan fingerprint density at radius 1 is 0.389 bits per heavy atom. The Hall–Kier alpha value is -3.94. The SMILES string of the molecule is C[Si]1(c2ccccc2)C(c2ccccc2)C(c2ccccc2)=C(c2ccccc2)C1c1ccccc1. The smallest absolute Gasteiger partial charge is 0.0638 e. The van der Waals surface area contributed by atoms with E-state index in [9.17, 15) is 0 Å². The first-order valence-corrected chi connectivity index (χ1v) is 15.4. The first kappa shape index (κ1) is 22.5. The molecule has 5 aromatic carbocycles. The van der Waals surface area contributed by atoms with Crippen LogP contribution < -0.4 is 5.19 Å². The summed E-state index contributed by atoms with van der Waals surface area (Å²) in [6.07, 6.45) is 0. The maximum absolute atomic E-state index is 2.62. The molecule has 0 amide bonds. The second kappa shape index (κ2) is 9.60. The third kappa shape index (κ3) is 3.77. The number of allylic oxidation sites excluding steroid dienone is 2. The van der Waals surface area contributed by atoms with Crippen molar-refractivity contribution in [1.29, 1.82) is 0 Å². The largest absolute Gasteiger partial charge is 0.107 e. The third-order valence-corrected chi connectivity index (χ3v) is 13.1. The summed E-state index contributed by atoms with van der Waals surface area (Å²) < 4.78 is 0. The lowest BCUT2D eigenvalue weighted by Crippen LogP contribution is -2.53. The van der Waals surface area contributed by atoms with Crippen molar-refractivity contribution in [2.24, 2.45) is 0 Å². The van der Waals surface area contributed by atoms with Crippen molar-refractivity contribution in [2.45, 2.75) is 17.6 Å². The van der Waals surface area contributed by atoms with Crippen molar-refractivity contribution in [3.05, 3.63) is 174 Å². The van der Waals surface area contributed by atoms with Crippen LogP contribution in [0.3, 0.4) is 0 Å². The molecule has 5 aromatic rings. The summed E-state index contributed by atoms with van der Waals surface area (Å²) in [5, 5.41) is 1.51. The zero-order valence-electron chi connectivity index (χ0n) is 20.6. The van der Waals surface area contributed by atoms with Crippen LogP contribution in [-0.4, -0.2) is 8.07 Å². The predicted molar refractivity (Wildman–Crippen MR) is 156 cm³/mol. The van der Waals surface area contributed by atoms with Crippen molar-refractivity contribution >= 4 is 24.4 Å². The van der Waals surface area contributed by atoms with E-state index in [0.29, 0.717) is 11.1 Å². The van der Waals surface area contributed by atoms with Gasteiger partial charge in [0.05, 0.1) is 0 Å². The Morgan fingerprint density at radius 2 is 0.694 bits per heavy atom. The molecule has 2 atom stereocenters. The van der Waals surface area contributed by atoms with Gasteiger partial charge in [-0.25, -0.2) is 0 Å². The summed E-state index contributed by atoms with van der Waals surface area (Å²) in [6.45, 7) is 2.62. The van der Waals surface area contributed by atoms with Crippen LogP contribution in [0, 0.1) is 0 Å². The molecular formula is C35H30Si. The lowest BCUT2D eigenvalue weighted by atomic mass is 9.87. The van der Waals surface area contributed by atoms with Gasteiger partial charge in [0, 0.05) is 11.1 Å². The highest BCUT2D eigenvalue weighted by Crippen LogP contribution is 2.59. The van der Waals surface area contributed by atoms with Gasteiger partial charge in [0.1, 0.15) is 8.07 Å². The number of hydrogen-bond donors (Lipinski definition) is 0. The predicted octanol–water partition coefficient (Wildman–Crippen LogP) is 8.24. The third-order valence-electron chi connectivity index (χ3n) is 7.90. The summed E-state index contributed by atoms with van der Waals surface area (Å²) in [5.74, 6) is 0. The summed E-state index contributed by atoms with van der Waals surface area (Å²) >= 11 is 0. The molecule has 0 saturated carbocycles. The summed E-state index contributed by atoms with van der Waals surface area (Å²) in [6, 6.07) is 56.1. The Balaban J connectivity index is 1.76. The van der Waals surface area contributed by atoms with E-state index in [0.717, 1.165) is 0 Å². The van der Waals surface area contributed by atoms with Gasteiger partial charge in [0.2, 0.25) is 0 Å². The molecule has 0 bridgehead atoms. The van der Waals surface area contributed by atoms with Crippen molar-refractivity contribution in [3.8, 4) is 0 Å². The maximum atomic E-state index is 2.62. The lowest BCUT2D eigenvalue weighted by molar-refractivity contribution is 1.12. The van der Waals surface area contributed by atoms with E-state index in [1.54, 1.807) is 0 Å². The molecule has 1 heteroatoms. The van der Waals surface area contributed by atoms with Crippen LogP contribution in [0.15, 0.2) is 152 Å². The van der Waals surface area contributed by atoms with Crippen LogP contribution >= 0.6 is 0 Å². The van der Waals surface area contributed by atoms with Gasteiger partial charge in [-0.1, -0.05) is 163 Å². The second-order valence-electron chi connectivity index (χ2n) is 9.90. The van der Waals surface area contributed by atoms with Gasteiger partial charge in [-0.2, -0.15) is 0 Å². The molecule has 0 aromatic heterocycles. The Kier molecular flexibility index (Phi) is 6.01. The molecule has 6 rings (SSSR count). The Bertz CT molecular complexity index is 1360. The topological polar surface area (TPSA) is 0 Å². The number of rotatable bonds is 5. The first-order valence-electron chi connectivity index (χ1n) is 12.8. The minimum absolute atomic E-state index is 0.323. The van der Waals surface area contributed by atoms with Crippen molar-refractivity contribution in [2.75, 3.05) is 0 Å². The zero-order chi connectivity index (χ0) is 24.4.